The molecular weight excluding hydrogens is 373 g/mol. The number of benzene rings is 1. The summed E-state index contributed by atoms with van der Waals surface area (Å²) in [6.45, 7) is 4.27. The lowest BCUT2D eigenvalue weighted by Gasteiger charge is -2.08. The number of hydrogen-bond acceptors (Lipinski definition) is 2. The Kier molecular flexibility index (Phi) is 4.14. The maximum atomic E-state index is 4.65. The van der Waals surface area contributed by atoms with Gasteiger partial charge in [-0.2, -0.15) is 0 Å². The summed E-state index contributed by atoms with van der Waals surface area (Å²) in [5.74, 6) is 0.929. The molecule has 0 aliphatic rings. The fourth-order valence-corrected chi connectivity index (χ4v) is 2.55. The number of nitrogens with one attached hydrogen (secondary N) is 1. The van der Waals surface area contributed by atoms with Gasteiger partial charge in [-0.05, 0) is 31.5 Å². The highest BCUT2D eigenvalue weighted by Crippen LogP contribution is 2.23. The number of nitrogens with zero attached hydrogens (tertiary/aromatic N) is 2. The van der Waals surface area contributed by atoms with Gasteiger partial charge in [0.05, 0.1) is 11.9 Å². The summed E-state index contributed by atoms with van der Waals surface area (Å²) >= 11 is 2.38. The number of rotatable bonds is 4. The van der Waals surface area contributed by atoms with Gasteiger partial charge in [-0.1, -0.05) is 58.5 Å². The minimum atomic E-state index is 0.415. The third-order valence-corrected chi connectivity index (χ3v) is 4.79. The van der Waals surface area contributed by atoms with Crippen LogP contribution in [0.4, 0.5) is 5.82 Å². The molecule has 1 unspecified atom stereocenters. The summed E-state index contributed by atoms with van der Waals surface area (Å²) in [5.41, 5.74) is 4.61. The highest BCUT2D eigenvalue weighted by Gasteiger charge is 2.08. The molecular formula is C17H18IN3. The third kappa shape index (κ3) is 3.05. The smallest absolute Gasteiger partial charge is 0.145 e. The van der Waals surface area contributed by atoms with E-state index in [0.29, 0.717) is 6.04 Å². The molecule has 1 aromatic carbocycles. The largest absolute Gasteiger partial charge is 0.366 e. The second-order valence-electron chi connectivity index (χ2n) is 5.33. The quantitative estimate of drug-likeness (QED) is 0.523. The molecule has 0 saturated heterocycles. The molecule has 0 bridgehead atoms. The fraction of sp³-hybridized carbons (Fsp3) is 0.235. The van der Waals surface area contributed by atoms with Gasteiger partial charge < -0.3 is 5.32 Å². The van der Waals surface area contributed by atoms with Crippen LogP contribution >= 0.6 is 22.6 Å². The fourth-order valence-electron chi connectivity index (χ4n) is 2.33. The third-order valence-electron chi connectivity index (χ3n) is 3.47. The Morgan fingerprint density at radius 3 is 2.67 bits per heavy atom. The van der Waals surface area contributed by atoms with Gasteiger partial charge in [0.1, 0.15) is 11.5 Å². The van der Waals surface area contributed by atoms with Crippen LogP contribution in [-0.4, -0.2) is 19.9 Å². The Hall–Kier alpha value is -1.56. The Labute approximate surface area is 138 Å². The van der Waals surface area contributed by atoms with Crippen molar-refractivity contribution in [3.63, 3.8) is 0 Å². The zero-order valence-electron chi connectivity index (χ0n) is 12.2. The molecule has 0 fully saturated rings. The number of alkyl halides is 1. The van der Waals surface area contributed by atoms with Crippen LogP contribution in [0.25, 0.3) is 16.9 Å². The van der Waals surface area contributed by atoms with Gasteiger partial charge in [-0.3, -0.25) is 4.40 Å². The van der Waals surface area contributed by atoms with Crippen molar-refractivity contribution in [1.82, 2.24) is 9.38 Å². The van der Waals surface area contributed by atoms with E-state index in [-0.39, 0.29) is 0 Å². The maximum Gasteiger partial charge on any atom is 0.145 e. The van der Waals surface area contributed by atoms with Crippen molar-refractivity contribution in [3.05, 3.63) is 54.2 Å². The first kappa shape index (κ1) is 14.4. The first-order valence-electron chi connectivity index (χ1n) is 7.05. The van der Waals surface area contributed by atoms with Crippen molar-refractivity contribution < 1.29 is 0 Å². The first-order chi connectivity index (χ1) is 10.2. The number of aryl methyl sites for hydroxylation is 1. The lowest BCUT2D eigenvalue weighted by Crippen LogP contribution is -2.16. The molecule has 0 aliphatic heterocycles. The highest BCUT2D eigenvalue weighted by atomic mass is 127. The van der Waals surface area contributed by atoms with Crippen molar-refractivity contribution in [2.45, 2.75) is 19.9 Å². The molecule has 4 heteroatoms. The van der Waals surface area contributed by atoms with Crippen LogP contribution in [0.3, 0.4) is 0 Å². The predicted molar refractivity (Wildman–Crippen MR) is 97.3 cm³/mol. The molecule has 1 N–H and O–H groups in total. The summed E-state index contributed by atoms with van der Waals surface area (Å²) in [4.78, 5) is 4.65. The van der Waals surface area contributed by atoms with E-state index in [4.69, 9.17) is 0 Å². The molecule has 3 nitrogen and oxygen atoms in total. The van der Waals surface area contributed by atoms with Gasteiger partial charge in [0, 0.05) is 10.5 Å². The Bertz CT molecular complexity index is 746. The molecule has 0 radical (unpaired) electrons. The predicted octanol–water partition coefficient (Wildman–Crippen LogP) is 4.55. The number of anilines is 1. The minimum Gasteiger partial charge on any atom is -0.366 e. The van der Waals surface area contributed by atoms with Gasteiger partial charge in [0.15, 0.2) is 0 Å². The molecule has 1 atom stereocenters. The lowest BCUT2D eigenvalue weighted by molar-refractivity contribution is 0.920. The van der Waals surface area contributed by atoms with Crippen LogP contribution in [0.5, 0.6) is 0 Å². The number of halogens is 1. The van der Waals surface area contributed by atoms with Crippen LogP contribution in [0.1, 0.15) is 12.5 Å². The molecule has 2 heterocycles. The van der Waals surface area contributed by atoms with Crippen molar-refractivity contribution >= 4 is 34.1 Å². The van der Waals surface area contributed by atoms with E-state index in [1.165, 1.54) is 11.1 Å². The Balaban J connectivity index is 2.05. The molecule has 0 saturated carbocycles. The standard InChI is InChI=1S/C17H18IN3/c1-12-6-8-14(9-7-12)15-4-3-5-17-20-16(11-21(15)17)19-13(2)10-18/h3-9,11,13,19H,10H2,1-2H3. The van der Waals surface area contributed by atoms with Crippen LogP contribution in [-0.2, 0) is 0 Å². The number of hydrogen-bond donors (Lipinski definition) is 1. The van der Waals surface area contributed by atoms with Gasteiger partial charge in [0.25, 0.3) is 0 Å². The van der Waals surface area contributed by atoms with E-state index < -0.39 is 0 Å². The normalized spacial score (nSPS) is 12.5. The van der Waals surface area contributed by atoms with Crippen molar-refractivity contribution in [1.29, 1.82) is 0 Å². The molecule has 21 heavy (non-hydrogen) atoms. The zero-order chi connectivity index (χ0) is 14.8. The van der Waals surface area contributed by atoms with E-state index in [1.807, 2.05) is 6.07 Å². The summed E-state index contributed by atoms with van der Waals surface area (Å²) in [7, 11) is 0. The molecule has 108 valence electrons. The number of aromatic nitrogens is 2. The monoisotopic (exact) mass is 391 g/mol. The lowest BCUT2D eigenvalue weighted by atomic mass is 10.1. The Morgan fingerprint density at radius 2 is 1.95 bits per heavy atom. The molecule has 3 aromatic rings. The van der Waals surface area contributed by atoms with E-state index in [0.717, 1.165) is 21.6 Å². The van der Waals surface area contributed by atoms with Crippen molar-refractivity contribution in [2.24, 2.45) is 0 Å². The van der Waals surface area contributed by atoms with E-state index in [1.54, 1.807) is 0 Å². The molecule has 0 spiro atoms. The number of imidazole rings is 1. The van der Waals surface area contributed by atoms with E-state index >= 15 is 0 Å². The number of fused-ring (bicyclic) bond motifs is 1. The number of pyridine rings is 1. The average molecular weight is 391 g/mol. The first-order valence-corrected chi connectivity index (χ1v) is 8.57. The van der Waals surface area contributed by atoms with Crippen LogP contribution in [0, 0.1) is 6.92 Å². The van der Waals surface area contributed by atoms with Crippen molar-refractivity contribution in [2.75, 3.05) is 9.74 Å². The van der Waals surface area contributed by atoms with Gasteiger partial charge >= 0.3 is 0 Å². The SMILES string of the molecule is Cc1ccc(-c2cccc3nc(NC(C)CI)cn23)cc1. The van der Waals surface area contributed by atoms with E-state index in [2.05, 4.69) is 93.7 Å². The maximum absolute atomic E-state index is 4.65. The van der Waals surface area contributed by atoms with Gasteiger partial charge in [0.2, 0.25) is 0 Å². The second-order valence-corrected chi connectivity index (χ2v) is 6.21. The highest BCUT2D eigenvalue weighted by molar-refractivity contribution is 14.1. The molecule has 3 rings (SSSR count). The second kappa shape index (κ2) is 6.05. The van der Waals surface area contributed by atoms with Gasteiger partial charge in [-0.25, -0.2) is 4.98 Å². The van der Waals surface area contributed by atoms with Crippen LogP contribution in [0.15, 0.2) is 48.7 Å². The minimum absolute atomic E-state index is 0.415. The van der Waals surface area contributed by atoms with Crippen molar-refractivity contribution in [3.8, 4) is 11.3 Å². The summed E-state index contributed by atoms with van der Waals surface area (Å²) in [6.07, 6.45) is 2.08. The Morgan fingerprint density at radius 1 is 1.19 bits per heavy atom. The summed E-state index contributed by atoms with van der Waals surface area (Å²) in [5, 5.41) is 3.43. The molecule has 2 aromatic heterocycles. The van der Waals surface area contributed by atoms with E-state index in [9.17, 15) is 0 Å². The summed E-state index contributed by atoms with van der Waals surface area (Å²) in [6, 6.07) is 15.2. The molecule has 0 amide bonds. The van der Waals surface area contributed by atoms with Crippen LogP contribution in [0.2, 0.25) is 0 Å². The summed E-state index contributed by atoms with van der Waals surface area (Å²) < 4.78 is 3.20. The topological polar surface area (TPSA) is 29.3 Å². The average Bonchev–Trinajstić information content (AvgIpc) is 2.90. The zero-order valence-corrected chi connectivity index (χ0v) is 14.3. The van der Waals surface area contributed by atoms with Crippen LogP contribution < -0.4 is 5.32 Å². The molecule has 0 aliphatic carbocycles. The van der Waals surface area contributed by atoms with Gasteiger partial charge in [-0.15, -0.1) is 0 Å².